The van der Waals surface area contributed by atoms with E-state index >= 15 is 0 Å². The van der Waals surface area contributed by atoms with Crippen LogP contribution in [0.3, 0.4) is 0 Å². The fourth-order valence-electron chi connectivity index (χ4n) is 1.05. The van der Waals surface area contributed by atoms with Gasteiger partial charge in [0.05, 0.1) is 6.61 Å². The van der Waals surface area contributed by atoms with Crippen molar-refractivity contribution < 1.29 is 14.3 Å². The van der Waals surface area contributed by atoms with Crippen molar-refractivity contribution in [2.75, 3.05) is 33.4 Å². The lowest BCUT2D eigenvalue weighted by atomic mass is 10.3. The van der Waals surface area contributed by atoms with Gasteiger partial charge in [0.15, 0.2) is 0 Å². The van der Waals surface area contributed by atoms with Crippen LogP contribution in [0.4, 0.5) is 4.79 Å². The van der Waals surface area contributed by atoms with Crippen molar-refractivity contribution in [2.45, 2.75) is 19.8 Å². The Morgan fingerprint density at radius 3 is 2.12 bits per heavy atom. The van der Waals surface area contributed by atoms with Gasteiger partial charge in [-0.25, -0.2) is 4.79 Å². The Morgan fingerprint density at radius 1 is 1.00 bits per heavy atom. The first-order valence-electron chi connectivity index (χ1n) is 5.42. The normalized spacial score (nSPS) is 9.62. The molecule has 16 heavy (non-hydrogen) atoms. The maximum atomic E-state index is 11.1. The number of carbonyl (C=O) groups excluding carboxylic acids is 2. The van der Waals surface area contributed by atoms with Crippen LogP contribution in [0.2, 0.25) is 0 Å². The van der Waals surface area contributed by atoms with E-state index in [9.17, 15) is 9.59 Å². The van der Waals surface area contributed by atoms with Crippen LogP contribution in [0.15, 0.2) is 0 Å². The Balaban J connectivity index is 3.18. The van der Waals surface area contributed by atoms with E-state index in [4.69, 9.17) is 4.74 Å². The summed E-state index contributed by atoms with van der Waals surface area (Å²) in [7, 11) is 1.58. The van der Waals surface area contributed by atoms with Gasteiger partial charge in [-0.05, 0) is 12.8 Å². The lowest BCUT2D eigenvalue weighted by Crippen LogP contribution is -2.37. The van der Waals surface area contributed by atoms with Gasteiger partial charge in [0.1, 0.15) is 0 Å². The number of amides is 3. The zero-order valence-corrected chi connectivity index (χ0v) is 9.97. The smallest absolute Gasteiger partial charge is 0.314 e. The second-order valence-corrected chi connectivity index (χ2v) is 3.37. The number of methoxy groups -OCH3 is 1. The molecule has 6 nitrogen and oxygen atoms in total. The first kappa shape index (κ1) is 14.7. The average Bonchev–Trinajstić information content (AvgIpc) is 2.23. The molecule has 0 aliphatic heterocycles. The third-order valence-electron chi connectivity index (χ3n) is 1.85. The highest BCUT2D eigenvalue weighted by Gasteiger charge is 1.97. The molecule has 0 bridgehead atoms. The standard InChI is InChI=1S/C10H21N3O3/c1-9(14)11-5-3-4-6-12-10(15)13-7-8-16-2/h3-8H2,1-2H3,(H,11,14)(H2,12,13,15). The van der Waals surface area contributed by atoms with E-state index < -0.39 is 0 Å². The van der Waals surface area contributed by atoms with Crippen molar-refractivity contribution in [2.24, 2.45) is 0 Å². The molecule has 0 saturated heterocycles. The number of unbranched alkanes of at least 4 members (excludes halogenated alkanes) is 1. The van der Waals surface area contributed by atoms with Gasteiger partial charge in [-0.2, -0.15) is 0 Å². The van der Waals surface area contributed by atoms with Gasteiger partial charge in [-0.15, -0.1) is 0 Å². The second kappa shape index (κ2) is 10.2. The monoisotopic (exact) mass is 231 g/mol. The van der Waals surface area contributed by atoms with Gasteiger partial charge in [0.25, 0.3) is 0 Å². The molecule has 0 aromatic carbocycles. The van der Waals surface area contributed by atoms with Gasteiger partial charge >= 0.3 is 6.03 Å². The van der Waals surface area contributed by atoms with E-state index in [1.807, 2.05) is 0 Å². The highest BCUT2D eigenvalue weighted by Crippen LogP contribution is 1.84. The largest absolute Gasteiger partial charge is 0.383 e. The van der Waals surface area contributed by atoms with Crippen LogP contribution in [0.5, 0.6) is 0 Å². The molecule has 0 unspecified atom stereocenters. The third-order valence-corrected chi connectivity index (χ3v) is 1.85. The second-order valence-electron chi connectivity index (χ2n) is 3.37. The fraction of sp³-hybridized carbons (Fsp3) is 0.800. The highest BCUT2D eigenvalue weighted by molar-refractivity contribution is 5.73. The van der Waals surface area contributed by atoms with Crippen molar-refractivity contribution in [1.29, 1.82) is 0 Å². The summed E-state index contributed by atoms with van der Waals surface area (Å²) < 4.78 is 4.79. The van der Waals surface area contributed by atoms with Gasteiger partial charge < -0.3 is 20.7 Å². The van der Waals surface area contributed by atoms with Crippen molar-refractivity contribution >= 4 is 11.9 Å². The molecular formula is C10H21N3O3. The molecule has 0 spiro atoms. The van der Waals surface area contributed by atoms with Crippen molar-refractivity contribution in [1.82, 2.24) is 16.0 Å². The third kappa shape index (κ3) is 10.8. The zero-order valence-electron chi connectivity index (χ0n) is 9.97. The van der Waals surface area contributed by atoms with Crippen LogP contribution in [-0.2, 0) is 9.53 Å². The highest BCUT2D eigenvalue weighted by atomic mass is 16.5. The quantitative estimate of drug-likeness (QED) is 0.508. The Kier molecular flexibility index (Phi) is 9.39. The average molecular weight is 231 g/mol. The summed E-state index contributed by atoms with van der Waals surface area (Å²) in [5.41, 5.74) is 0. The Labute approximate surface area is 96.1 Å². The molecular weight excluding hydrogens is 210 g/mol. The van der Waals surface area contributed by atoms with Crippen LogP contribution < -0.4 is 16.0 Å². The predicted octanol–water partition coefficient (Wildman–Crippen LogP) is -0.152. The summed E-state index contributed by atoms with van der Waals surface area (Å²) in [6, 6.07) is -0.184. The van der Waals surface area contributed by atoms with Crippen LogP contribution in [0.25, 0.3) is 0 Å². The van der Waals surface area contributed by atoms with Crippen LogP contribution >= 0.6 is 0 Å². The molecule has 3 N–H and O–H groups in total. The molecule has 0 aromatic heterocycles. The van der Waals surface area contributed by atoms with Crippen LogP contribution in [0.1, 0.15) is 19.8 Å². The maximum Gasteiger partial charge on any atom is 0.314 e. The molecule has 0 saturated carbocycles. The molecule has 0 atom stereocenters. The number of hydrogen-bond acceptors (Lipinski definition) is 3. The molecule has 0 aliphatic rings. The van der Waals surface area contributed by atoms with Gasteiger partial charge in [-0.3, -0.25) is 4.79 Å². The van der Waals surface area contributed by atoms with E-state index in [-0.39, 0.29) is 11.9 Å². The van der Waals surface area contributed by atoms with E-state index in [1.165, 1.54) is 6.92 Å². The SMILES string of the molecule is COCCNC(=O)NCCCCNC(C)=O. The van der Waals surface area contributed by atoms with E-state index in [0.29, 0.717) is 26.2 Å². The van der Waals surface area contributed by atoms with E-state index in [1.54, 1.807) is 7.11 Å². The first-order valence-corrected chi connectivity index (χ1v) is 5.42. The van der Waals surface area contributed by atoms with Crippen LogP contribution in [0, 0.1) is 0 Å². The van der Waals surface area contributed by atoms with Crippen LogP contribution in [-0.4, -0.2) is 45.3 Å². The fourth-order valence-corrected chi connectivity index (χ4v) is 1.05. The first-order chi connectivity index (χ1) is 7.66. The van der Waals surface area contributed by atoms with Crippen molar-refractivity contribution in [3.05, 3.63) is 0 Å². The number of hydrogen-bond donors (Lipinski definition) is 3. The number of urea groups is 1. The number of carbonyl (C=O) groups is 2. The summed E-state index contributed by atoms with van der Waals surface area (Å²) in [4.78, 5) is 21.6. The minimum atomic E-state index is -0.184. The summed E-state index contributed by atoms with van der Waals surface area (Å²) >= 11 is 0. The molecule has 0 radical (unpaired) electrons. The lowest BCUT2D eigenvalue weighted by Gasteiger charge is -2.07. The molecule has 94 valence electrons. The molecule has 6 heteroatoms. The molecule has 3 amide bonds. The minimum absolute atomic E-state index is 0.0229. The number of rotatable bonds is 8. The summed E-state index contributed by atoms with van der Waals surface area (Å²) in [5.74, 6) is -0.0229. The van der Waals surface area contributed by atoms with Crippen molar-refractivity contribution in [3.8, 4) is 0 Å². The van der Waals surface area contributed by atoms with Gasteiger partial charge in [0.2, 0.25) is 5.91 Å². The Bertz CT molecular complexity index is 209. The molecule has 0 aromatic rings. The molecule has 0 aliphatic carbocycles. The predicted molar refractivity (Wildman–Crippen MR) is 61.2 cm³/mol. The van der Waals surface area contributed by atoms with Gasteiger partial charge in [0, 0.05) is 33.7 Å². The van der Waals surface area contributed by atoms with Gasteiger partial charge in [-0.1, -0.05) is 0 Å². The Morgan fingerprint density at radius 2 is 1.56 bits per heavy atom. The summed E-state index contributed by atoms with van der Waals surface area (Å²) in [5, 5.41) is 8.05. The lowest BCUT2D eigenvalue weighted by molar-refractivity contribution is -0.118. The molecule has 0 heterocycles. The zero-order chi connectivity index (χ0) is 12.2. The number of nitrogens with one attached hydrogen (secondary N) is 3. The van der Waals surface area contributed by atoms with E-state index in [2.05, 4.69) is 16.0 Å². The Hall–Kier alpha value is -1.30. The maximum absolute atomic E-state index is 11.1. The topological polar surface area (TPSA) is 79.5 Å². The van der Waals surface area contributed by atoms with Crippen molar-refractivity contribution in [3.63, 3.8) is 0 Å². The molecule has 0 fully saturated rings. The van der Waals surface area contributed by atoms with E-state index in [0.717, 1.165) is 12.8 Å². The molecule has 0 rings (SSSR count). The number of ether oxygens (including phenoxy) is 1. The summed E-state index contributed by atoms with van der Waals surface area (Å²) in [6.07, 6.45) is 1.70. The summed E-state index contributed by atoms with van der Waals surface area (Å²) in [6.45, 7) is 3.77. The minimum Gasteiger partial charge on any atom is -0.383 e.